The Morgan fingerprint density at radius 1 is 1.71 bits per heavy atom. The normalized spacial score (nSPS) is 31.6. The molecule has 0 aromatic rings. The third-order valence-electron chi connectivity index (χ3n) is 1.19. The highest BCUT2D eigenvalue weighted by atomic mass is 79.9. The van der Waals surface area contributed by atoms with Crippen molar-refractivity contribution in [2.75, 3.05) is 0 Å². The summed E-state index contributed by atoms with van der Waals surface area (Å²) in [6, 6.07) is 0. The first kappa shape index (κ1) is 5.29. The molecule has 1 nitrogen and oxygen atoms in total. The van der Waals surface area contributed by atoms with Crippen molar-refractivity contribution in [3.63, 3.8) is 0 Å². The van der Waals surface area contributed by atoms with Crippen molar-refractivity contribution in [1.29, 1.82) is 0 Å². The van der Waals surface area contributed by atoms with Gasteiger partial charge < -0.3 is 0 Å². The summed E-state index contributed by atoms with van der Waals surface area (Å²) in [7, 11) is 0. The molecule has 0 heterocycles. The van der Waals surface area contributed by atoms with Gasteiger partial charge in [-0.25, -0.2) is 0 Å². The molecule has 1 aliphatic carbocycles. The fourth-order valence-electron chi connectivity index (χ4n) is 0.769. The second kappa shape index (κ2) is 1.95. The van der Waals surface area contributed by atoms with E-state index in [2.05, 4.69) is 15.9 Å². The standard InChI is InChI=1S/C5H7BrO/c6-4-1-2-5(7)3-4/h4H,1-3H2. The van der Waals surface area contributed by atoms with Gasteiger partial charge in [-0.3, -0.25) is 4.79 Å². The maximum Gasteiger partial charge on any atom is 0.134 e. The summed E-state index contributed by atoms with van der Waals surface area (Å²) >= 11 is 3.36. The Labute approximate surface area is 51.2 Å². The summed E-state index contributed by atoms with van der Waals surface area (Å²) < 4.78 is 0. The third-order valence-corrected chi connectivity index (χ3v) is 1.97. The van der Waals surface area contributed by atoms with Crippen molar-refractivity contribution in [3.05, 3.63) is 0 Å². The summed E-state index contributed by atoms with van der Waals surface area (Å²) in [5, 5.41) is 0. The molecular weight excluding hydrogens is 156 g/mol. The first-order chi connectivity index (χ1) is 3.29. The Balaban J connectivity index is 2.40. The Bertz CT molecular complexity index is 90.1. The van der Waals surface area contributed by atoms with Gasteiger partial charge in [0.2, 0.25) is 0 Å². The Hall–Kier alpha value is 0.150. The van der Waals surface area contributed by atoms with E-state index in [1.54, 1.807) is 0 Å². The average molecular weight is 163 g/mol. The molecule has 1 atom stereocenters. The van der Waals surface area contributed by atoms with Crippen molar-refractivity contribution < 1.29 is 4.79 Å². The van der Waals surface area contributed by atoms with Crippen LogP contribution in [0.15, 0.2) is 0 Å². The van der Waals surface area contributed by atoms with Crippen LogP contribution in [-0.4, -0.2) is 10.6 Å². The molecule has 7 heavy (non-hydrogen) atoms. The summed E-state index contributed by atoms with van der Waals surface area (Å²) in [6.45, 7) is 0. The van der Waals surface area contributed by atoms with Gasteiger partial charge in [0.05, 0.1) is 0 Å². The number of hydrogen-bond donors (Lipinski definition) is 0. The zero-order valence-electron chi connectivity index (χ0n) is 3.98. The number of carbonyl (C=O) groups is 1. The van der Waals surface area contributed by atoms with E-state index in [0.29, 0.717) is 10.6 Å². The zero-order chi connectivity index (χ0) is 5.28. The number of halogens is 1. The first-order valence-corrected chi connectivity index (χ1v) is 3.36. The molecule has 0 radical (unpaired) electrons. The van der Waals surface area contributed by atoms with Crippen LogP contribution in [0.5, 0.6) is 0 Å². The molecular formula is C5H7BrO. The van der Waals surface area contributed by atoms with E-state index in [1.807, 2.05) is 0 Å². The predicted molar refractivity (Wildman–Crippen MR) is 31.6 cm³/mol. The van der Waals surface area contributed by atoms with E-state index in [-0.39, 0.29) is 0 Å². The van der Waals surface area contributed by atoms with Gasteiger partial charge in [-0.1, -0.05) is 15.9 Å². The van der Waals surface area contributed by atoms with E-state index in [0.717, 1.165) is 19.3 Å². The van der Waals surface area contributed by atoms with Crippen LogP contribution in [0.1, 0.15) is 19.3 Å². The molecule has 1 unspecified atom stereocenters. The highest BCUT2D eigenvalue weighted by molar-refractivity contribution is 9.09. The van der Waals surface area contributed by atoms with Crippen LogP contribution in [0.25, 0.3) is 0 Å². The van der Waals surface area contributed by atoms with E-state index in [1.165, 1.54) is 0 Å². The highest BCUT2D eigenvalue weighted by Gasteiger charge is 2.18. The third kappa shape index (κ3) is 1.27. The maximum atomic E-state index is 10.4. The topological polar surface area (TPSA) is 17.1 Å². The molecule has 0 aromatic heterocycles. The molecule has 1 rings (SSSR count). The lowest BCUT2D eigenvalue weighted by molar-refractivity contribution is -0.117. The average Bonchev–Trinajstić information content (AvgIpc) is 1.87. The monoisotopic (exact) mass is 162 g/mol. The SMILES string of the molecule is O=C1CCC(Br)C1. The van der Waals surface area contributed by atoms with Crippen LogP contribution in [0, 0.1) is 0 Å². The van der Waals surface area contributed by atoms with E-state index < -0.39 is 0 Å². The number of rotatable bonds is 0. The van der Waals surface area contributed by atoms with Gasteiger partial charge in [0.15, 0.2) is 0 Å². The molecule has 1 aliphatic rings. The van der Waals surface area contributed by atoms with Crippen LogP contribution >= 0.6 is 15.9 Å². The molecule has 2 heteroatoms. The van der Waals surface area contributed by atoms with Gasteiger partial charge in [-0.2, -0.15) is 0 Å². The minimum atomic E-state index is 0.405. The van der Waals surface area contributed by atoms with Gasteiger partial charge >= 0.3 is 0 Å². The predicted octanol–water partition coefficient (Wildman–Crippen LogP) is 1.50. The highest BCUT2D eigenvalue weighted by Crippen LogP contribution is 2.21. The summed E-state index contributed by atoms with van der Waals surface area (Å²) in [5.41, 5.74) is 0. The lowest BCUT2D eigenvalue weighted by atomic mass is 10.4. The second-order valence-electron chi connectivity index (χ2n) is 1.88. The van der Waals surface area contributed by atoms with Crippen LogP contribution in [0.2, 0.25) is 0 Å². The molecule has 0 bridgehead atoms. The van der Waals surface area contributed by atoms with Crippen molar-refractivity contribution in [1.82, 2.24) is 0 Å². The number of alkyl halides is 1. The molecule has 0 N–H and O–H groups in total. The molecule has 0 amide bonds. The number of carbonyl (C=O) groups excluding carboxylic acids is 1. The lowest BCUT2D eigenvalue weighted by Crippen LogP contribution is -1.88. The molecule has 1 fully saturated rings. The lowest BCUT2D eigenvalue weighted by Gasteiger charge is -1.87. The Morgan fingerprint density at radius 2 is 2.43 bits per heavy atom. The van der Waals surface area contributed by atoms with Crippen molar-refractivity contribution >= 4 is 21.7 Å². The van der Waals surface area contributed by atoms with Crippen LogP contribution in [0.3, 0.4) is 0 Å². The van der Waals surface area contributed by atoms with Crippen LogP contribution < -0.4 is 0 Å². The molecule has 40 valence electrons. The smallest absolute Gasteiger partial charge is 0.134 e. The van der Waals surface area contributed by atoms with Crippen molar-refractivity contribution in [2.24, 2.45) is 0 Å². The minimum Gasteiger partial charge on any atom is -0.300 e. The Morgan fingerprint density at radius 3 is 2.57 bits per heavy atom. The zero-order valence-corrected chi connectivity index (χ0v) is 5.57. The minimum absolute atomic E-state index is 0.405. The largest absolute Gasteiger partial charge is 0.300 e. The first-order valence-electron chi connectivity index (χ1n) is 2.45. The maximum absolute atomic E-state index is 10.4. The molecule has 0 aromatic carbocycles. The van der Waals surface area contributed by atoms with Gasteiger partial charge in [-0.05, 0) is 6.42 Å². The van der Waals surface area contributed by atoms with Gasteiger partial charge in [0.1, 0.15) is 5.78 Å². The molecule has 0 aliphatic heterocycles. The fraction of sp³-hybridized carbons (Fsp3) is 0.800. The number of ketones is 1. The quantitative estimate of drug-likeness (QED) is 0.494. The van der Waals surface area contributed by atoms with Gasteiger partial charge in [0, 0.05) is 17.7 Å². The summed E-state index contributed by atoms with van der Waals surface area (Å²) in [6.07, 6.45) is 2.58. The molecule has 1 saturated carbocycles. The Kier molecular flexibility index (Phi) is 1.47. The second-order valence-corrected chi connectivity index (χ2v) is 3.17. The van der Waals surface area contributed by atoms with Crippen LogP contribution in [-0.2, 0) is 4.79 Å². The van der Waals surface area contributed by atoms with Gasteiger partial charge in [-0.15, -0.1) is 0 Å². The van der Waals surface area contributed by atoms with Crippen LogP contribution in [0.4, 0.5) is 0 Å². The molecule has 0 saturated heterocycles. The van der Waals surface area contributed by atoms with Crippen molar-refractivity contribution in [3.8, 4) is 0 Å². The number of hydrogen-bond acceptors (Lipinski definition) is 1. The van der Waals surface area contributed by atoms with Crippen molar-refractivity contribution in [2.45, 2.75) is 24.1 Å². The summed E-state index contributed by atoms with van der Waals surface area (Å²) in [4.78, 5) is 10.9. The molecule has 0 spiro atoms. The number of Topliss-reactive ketones (excluding diaryl/α,β-unsaturated/α-hetero) is 1. The fourth-order valence-corrected chi connectivity index (χ4v) is 1.36. The van der Waals surface area contributed by atoms with Gasteiger partial charge in [0.25, 0.3) is 0 Å². The van der Waals surface area contributed by atoms with E-state index >= 15 is 0 Å². The van der Waals surface area contributed by atoms with E-state index in [4.69, 9.17) is 0 Å². The summed E-state index contributed by atoms with van der Waals surface area (Å²) in [5.74, 6) is 0.405. The van der Waals surface area contributed by atoms with E-state index in [9.17, 15) is 4.79 Å².